The Morgan fingerprint density at radius 2 is 1.67 bits per heavy atom. The van der Waals surface area contributed by atoms with Crippen molar-refractivity contribution in [1.29, 1.82) is 0 Å². The zero-order valence-electron chi connectivity index (χ0n) is 11.7. The zero-order valence-corrected chi connectivity index (χ0v) is 11.7. The van der Waals surface area contributed by atoms with E-state index in [-0.39, 0.29) is 5.92 Å². The molecule has 0 amide bonds. The van der Waals surface area contributed by atoms with Gasteiger partial charge in [0, 0.05) is 0 Å². The van der Waals surface area contributed by atoms with E-state index in [2.05, 4.69) is 6.92 Å². The van der Waals surface area contributed by atoms with E-state index in [1.54, 1.807) is 13.8 Å². The Morgan fingerprint density at radius 3 is 2.11 bits per heavy atom. The van der Waals surface area contributed by atoms with Gasteiger partial charge in [0.2, 0.25) is 0 Å². The fourth-order valence-corrected chi connectivity index (χ4v) is 1.99. The molecule has 0 aromatic carbocycles. The van der Waals surface area contributed by atoms with Crippen molar-refractivity contribution >= 4 is 11.9 Å². The summed E-state index contributed by atoms with van der Waals surface area (Å²) in [6, 6.07) is 0. The molecular weight excluding hydrogens is 232 g/mol. The van der Waals surface area contributed by atoms with Crippen molar-refractivity contribution in [2.45, 2.75) is 65.7 Å². The lowest BCUT2D eigenvalue weighted by Gasteiger charge is -2.24. The molecule has 0 rings (SSSR count). The van der Waals surface area contributed by atoms with Crippen LogP contribution in [0.1, 0.15) is 65.7 Å². The van der Waals surface area contributed by atoms with Crippen LogP contribution in [-0.4, -0.2) is 22.2 Å². The Hall–Kier alpha value is -1.06. The van der Waals surface area contributed by atoms with E-state index in [1.807, 2.05) is 0 Å². The van der Waals surface area contributed by atoms with Gasteiger partial charge in [-0.15, -0.1) is 0 Å². The van der Waals surface area contributed by atoms with Crippen LogP contribution in [0.3, 0.4) is 0 Å². The van der Waals surface area contributed by atoms with Gasteiger partial charge in [-0.05, 0) is 26.2 Å². The molecule has 2 atom stereocenters. The third-order valence-corrected chi connectivity index (χ3v) is 3.64. The zero-order chi connectivity index (χ0) is 14.2. The summed E-state index contributed by atoms with van der Waals surface area (Å²) in [7, 11) is 0. The van der Waals surface area contributed by atoms with Gasteiger partial charge in [-0.25, -0.2) is 0 Å². The van der Waals surface area contributed by atoms with E-state index in [1.165, 1.54) is 0 Å². The van der Waals surface area contributed by atoms with Gasteiger partial charge in [0.05, 0.1) is 11.3 Å². The van der Waals surface area contributed by atoms with Crippen molar-refractivity contribution in [3.63, 3.8) is 0 Å². The first-order valence-electron chi connectivity index (χ1n) is 6.79. The Labute approximate surface area is 109 Å². The first-order valence-corrected chi connectivity index (χ1v) is 6.79. The Balaban J connectivity index is 4.05. The number of hydrogen-bond acceptors (Lipinski definition) is 2. The second-order valence-electron chi connectivity index (χ2n) is 5.45. The quantitative estimate of drug-likeness (QED) is 0.588. The van der Waals surface area contributed by atoms with Crippen LogP contribution in [0.5, 0.6) is 0 Å². The fourth-order valence-electron chi connectivity index (χ4n) is 1.99. The number of unbranched alkanes of at least 4 members (excludes halogenated alkanes) is 2. The number of carboxylic acids is 2. The van der Waals surface area contributed by atoms with Crippen molar-refractivity contribution < 1.29 is 19.8 Å². The molecule has 0 saturated heterocycles. The van der Waals surface area contributed by atoms with Gasteiger partial charge in [0.1, 0.15) is 0 Å². The maximum absolute atomic E-state index is 11.3. The lowest BCUT2D eigenvalue weighted by atomic mass is 9.80. The van der Waals surface area contributed by atoms with Crippen molar-refractivity contribution in [1.82, 2.24) is 0 Å². The van der Waals surface area contributed by atoms with Crippen LogP contribution in [0.25, 0.3) is 0 Å². The van der Waals surface area contributed by atoms with Gasteiger partial charge in [-0.1, -0.05) is 39.5 Å². The molecule has 0 fully saturated rings. The minimum absolute atomic E-state index is 0.336. The van der Waals surface area contributed by atoms with Crippen LogP contribution in [0.2, 0.25) is 0 Å². The molecule has 0 aromatic rings. The maximum Gasteiger partial charge on any atom is 0.309 e. The van der Waals surface area contributed by atoms with Crippen molar-refractivity contribution in [3.8, 4) is 0 Å². The third kappa shape index (κ3) is 6.03. The second kappa shape index (κ2) is 8.11. The molecule has 0 bridgehead atoms. The molecule has 18 heavy (non-hydrogen) atoms. The van der Waals surface area contributed by atoms with E-state index in [4.69, 9.17) is 5.11 Å². The molecule has 4 heteroatoms. The molecule has 0 aliphatic heterocycles. The van der Waals surface area contributed by atoms with E-state index in [9.17, 15) is 14.7 Å². The predicted octanol–water partition coefficient (Wildman–Crippen LogP) is 3.55. The van der Waals surface area contributed by atoms with Crippen molar-refractivity contribution in [3.05, 3.63) is 0 Å². The summed E-state index contributed by atoms with van der Waals surface area (Å²) < 4.78 is 0. The highest BCUT2D eigenvalue weighted by atomic mass is 16.4. The maximum atomic E-state index is 11.3. The Bertz CT molecular complexity index is 275. The second-order valence-corrected chi connectivity index (χ2v) is 5.45. The SMILES string of the molecule is CCCCC(C)(CCCCC(C)C(=O)O)C(=O)O. The van der Waals surface area contributed by atoms with Gasteiger partial charge in [0.15, 0.2) is 0 Å². The molecule has 0 saturated carbocycles. The lowest BCUT2D eigenvalue weighted by Crippen LogP contribution is -2.27. The van der Waals surface area contributed by atoms with E-state index < -0.39 is 17.4 Å². The number of rotatable bonds is 10. The summed E-state index contributed by atoms with van der Waals surface area (Å²) in [6.45, 7) is 5.54. The molecule has 0 aliphatic carbocycles. The normalized spacial score (nSPS) is 15.9. The number of aliphatic carboxylic acids is 2. The van der Waals surface area contributed by atoms with Crippen LogP contribution in [0.15, 0.2) is 0 Å². The molecule has 106 valence electrons. The summed E-state index contributed by atoms with van der Waals surface area (Å²) in [6.07, 6.45) is 5.45. The minimum Gasteiger partial charge on any atom is -0.481 e. The monoisotopic (exact) mass is 258 g/mol. The molecule has 0 aromatic heterocycles. The highest BCUT2D eigenvalue weighted by Gasteiger charge is 2.31. The minimum atomic E-state index is -0.776. The van der Waals surface area contributed by atoms with Crippen molar-refractivity contribution in [2.75, 3.05) is 0 Å². The molecular formula is C14H26O4. The number of carboxylic acid groups (broad SMARTS) is 2. The van der Waals surface area contributed by atoms with Crippen LogP contribution >= 0.6 is 0 Å². The summed E-state index contributed by atoms with van der Waals surface area (Å²) in [5.74, 6) is -1.85. The molecule has 0 radical (unpaired) electrons. The van der Waals surface area contributed by atoms with Gasteiger partial charge in [-0.3, -0.25) is 9.59 Å². The number of hydrogen-bond donors (Lipinski definition) is 2. The highest BCUT2D eigenvalue weighted by molar-refractivity contribution is 5.74. The highest BCUT2D eigenvalue weighted by Crippen LogP contribution is 2.31. The molecule has 2 unspecified atom stereocenters. The van der Waals surface area contributed by atoms with Crippen LogP contribution in [0.4, 0.5) is 0 Å². The van der Waals surface area contributed by atoms with Crippen molar-refractivity contribution in [2.24, 2.45) is 11.3 Å². The topological polar surface area (TPSA) is 74.6 Å². The predicted molar refractivity (Wildman–Crippen MR) is 70.5 cm³/mol. The van der Waals surface area contributed by atoms with Gasteiger partial charge >= 0.3 is 11.9 Å². The Morgan fingerprint density at radius 1 is 1.11 bits per heavy atom. The third-order valence-electron chi connectivity index (χ3n) is 3.64. The summed E-state index contributed by atoms with van der Waals surface area (Å²) in [5, 5.41) is 18.0. The van der Waals surface area contributed by atoms with Crippen LogP contribution < -0.4 is 0 Å². The molecule has 4 nitrogen and oxygen atoms in total. The van der Waals surface area contributed by atoms with Crippen LogP contribution in [-0.2, 0) is 9.59 Å². The standard InChI is InChI=1S/C14H26O4/c1-4-5-9-14(3,13(17)18)10-7-6-8-11(2)12(15)16/h11H,4-10H2,1-3H3,(H,15,16)(H,17,18). The van der Waals surface area contributed by atoms with E-state index >= 15 is 0 Å². The van der Waals surface area contributed by atoms with E-state index in [0.717, 1.165) is 25.7 Å². The van der Waals surface area contributed by atoms with Crippen LogP contribution in [0, 0.1) is 11.3 Å². The smallest absolute Gasteiger partial charge is 0.309 e. The molecule has 0 heterocycles. The summed E-state index contributed by atoms with van der Waals surface area (Å²) in [5.41, 5.74) is -0.650. The lowest BCUT2D eigenvalue weighted by molar-refractivity contribution is -0.149. The molecule has 0 spiro atoms. The van der Waals surface area contributed by atoms with Gasteiger partial charge in [0.25, 0.3) is 0 Å². The van der Waals surface area contributed by atoms with Gasteiger partial charge in [-0.2, -0.15) is 0 Å². The largest absolute Gasteiger partial charge is 0.481 e. The molecule has 2 N–H and O–H groups in total. The fraction of sp³-hybridized carbons (Fsp3) is 0.857. The first-order chi connectivity index (χ1) is 8.33. The number of carbonyl (C=O) groups is 2. The average molecular weight is 258 g/mol. The average Bonchev–Trinajstić information content (AvgIpc) is 2.31. The molecule has 0 aliphatic rings. The Kier molecular flexibility index (Phi) is 7.64. The summed E-state index contributed by atoms with van der Waals surface area (Å²) >= 11 is 0. The summed E-state index contributed by atoms with van der Waals surface area (Å²) in [4.78, 5) is 21.9. The van der Waals surface area contributed by atoms with E-state index in [0.29, 0.717) is 19.3 Å². The van der Waals surface area contributed by atoms with Gasteiger partial charge < -0.3 is 10.2 Å². The first kappa shape index (κ1) is 16.9.